The maximum atomic E-state index is 5.80. The van der Waals surface area contributed by atoms with Crippen molar-refractivity contribution in [3.8, 4) is 0 Å². The van der Waals surface area contributed by atoms with E-state index in [0.29, 0.717) is 0 Å². The van der Waals surface area contributed by atoms with Gasteiger partial charge in [0.15, 0.2) is 0 Å². The first-order chi connectivity index (χ1) is 10.2. The van der Waals surface area contributed by atoms with Crippen LogP contribution in [0.3, 0.4) is 0 Å². The molecule has 0 aliphatic heterocycles. The zero-order chi connectivity index (χ0) is 14.8. The third-order valence-electron chi connectivity index (χ3n) is 3.65. The Kier molecular flexibility index (Phi) is 4.40. The van der Waals surface area contributed by atoms with Crippen molar-refractivity contribution < 1.29 is 0 Å². The van der Waals surface area contributed by atoms with E-state index >= 15 is 0 Å². The van der Waals surface area contributed by atoms with Crippen molar-refractivity contribution in [1.82, 2.24) is 5.43 Å². The predicted molar refractivity (Wildman–Crippen MR) is 94.5 cm³/mol. The quantitative estimate of drug-likeness (QED) is 0.521. The van der Waals surface area contributed by atoms with Crippen LogP contribution in [-0.4, -0.2) is 0 Å². The van der Waals surface area contributed by atoms with Crippen molar-refractivity contribution in [2.45, 2.75) is 19.4 Å². The molecule has 0 fully saturated rings. The van der Waals surface area contributed by atoms with Gasteiger partial charge in [-0.2, -0.15) is 0 Å². The van der Waals surface area contributed by atoms with E-state index in [4.69, 9.17) is 5.84 Å². The maximum Gasteiger partial charge on any atom is 0.0501 e. The number of nitrogens with one attached hydrogen (secondary N) is 1. The molecule has 21 heavy (non-hydrogen) atoms. The summed E-state index contributed by atoms with van der Waals surface area (Å²) in [6, 6.07) is 15.1. The highest BCUT2D eigenvalue weighted by molar-refractivity contribution is 9.10. The SMILES string of the molecule is Cc1cc(Br)cc(C(Cc2csc3ccccc23)NN)c1. The van der Waals surface area contributed by atoms with Crippen molar-refractivity contribution in [2.75, 3.05) is 0 Å². The van der Waals surface area contributed by atoms with Gasteiger partial charge in [0.1, 0.15) is 0 Å². The van der Waals surface area contributed by atoms with Crippen molar-refractivity contribution in [3.63, 3.8) is 0 Å². The minimum atomic E-state index is 0.110. The van der Waals surface area contributed by atoms with Gasteiger partial charge >= 0.3 is 0 Å². The molecule has 2 aromatic carbocycles. The lowest BCUT2D eigenvalue weighted by Gasteiger charge is -2.17. The first-order valence-corrected chi connectivity index (χ1v) is 8.53. The van der Waals surface area contributed by atoms with E-state index in [1.165, 1.54) is 26.8 Å². The zero-order valence-corrected chi connectivity index (χ0v) is 14.2. The van der Waals surface area contributed by atoms with E-state index in [-0.39, 0.29) is 6.04 Å². The molecule has 0 amide bonds. The Morgan fingerprint density at radius 1 is 1.24 bits per heavy atom. The fourth-order valence-electron chi connectivity index (χ4n) is 2.65. The number of hydrogen-bond acceptors (Lipinski definition) is 3. The second-order valence-electron chi connectivity index (χ2n) is 5.24. The molecule has 0 radical (unpaired) electrons. The van der Waals surface area contributed by atoms with Crippen LogP contribution in [0.15, 0.2) is 52.3 Å². The Bertz CT molecular complexity index is 746. The number of nitrogens with two attached hydrogens (primary N) is 1. The van der Waals surface area contributed by atoms with Crippen LogP contribution in [0, 0.1) is 6.92 Å². The van der Waals surface area contributed by atoms with Gasteiger partial charge in [-0.25, -0.2) is 0 Å². The van der Waals surface area contributed by atoms with Crippen molar-refractivity contribution in [3.05, 3.63) is 69.0 Å². The summed E-state index contributed by atoms with van der Waals surface area (Å²) in [5, 5.41) is 3.56. The van der Waals surface area contributed by atoms with Gasteiger partial charge in [-0.15, -0.1) is 11.3 Å². The van der Waals surface area contributed by atoms with Crippen LogP contribution < -0.4 is 11.3 Å². The van der Waals surface area contributed by atoms with Crippen LogP contribution in [0.5, 0.6) is 0 Å². The molecule has 2 nitrogen and oxygen atoms in total. The average molecular weight is 361 g/mol. The fraction of sp³-hybridized carbons (Fsp3) is 0.176. The number of halogens is 1. The summed E-state index contributed by atoms with van der Waals surface area (Å²) in [7, 11) is 0. The standard InChI is InChI=1S/C17H17BrN2S/c1-11-6-12(8-14(18)7-11)16(20-19)9-13-10-21-17-5-3-2-4-15(13)17/h2-8,10,16,20H,9,19H2,1H3. The van der Waals surface area contributed by atoms with Crippen molar-refractivity contribution in [2.24, 2.45) is 5.84 Å². The molecule has 1 atom stereocenters. The molecule has 1 heterocycles. The van der Waals surface area contributed by atoms with Gasteiger partial charge in [-0.1, -0.05) is 40.2 Å². The lowest BCUT2D eigenvalue weighted by atomic mass is 9.98. The highest BCUT2D eigenvalue weighted by atomic mass is 79.9. The third kappa shape index (κ3) is 3.19. The first-order valence-electron chi connectivity index (χ1n) is 6.85. The minimum absolute atomic E-state index is 0.110. The molecule has 0 spiro atoms. The van der Waals surface area contributed by atoms with Crippen LogP contribution in [-0.2, 0) is 6.42 Å². The van der Waals surface area contributed by atoms with Gasteiger partial charge in [-0.05, 0) is 59.0 Å². The Labute approximate surface area is 137 Å². The fourth-order valence-corrected chi connectivity index (χ4v) is 4.25. The number of benzene rings is 2. The number of aryl methyl sites for hydroxylation is 1. The van der Waals surface area contributed by atoms with Crippen LogP contribution in [0.4, 0.5) is 0 Å². The molecule has 3 aromatic rings. The van der Waals surface area contributed by atoms with Crippen LogP contribution >= 0.6 is 27.3 Å². The molecule has 3 N–H and O–H groups in total. The van der Waals surface area contributed by atoms with E-state index < -0.39 is 0 Å². The lowest BCUT2D eigenvalue weighted by Crippen LogP contribution is -2.29. The summed E-state index contributed by atoms with van der Waals surface area (Å²) in [5.41, 5.74) is 6.74. The Balaban J connectivity index is 1.94. The summed E-state index contributed by atoms with van der Waals surface area (Å²) in [5.74, 6) is 5.80. The highest BCUT2D eigenvalue weighted by Gasteiger charge is 2.14. The number of hydrazine groups is 1. The highest BCUT2D eigenvalue weighted by Crippen LogP contribution is 2.30. The van der Waals surface area contributed by atoms with Gasteiger partial charge in [0.2, 0.25) is 0 Å². The normalized spacial score (nSPS) is 12.7. The summed E-state index contributed by atoms with van der Waals surface area (Å²) in [6.45, 7) is 2.10. The molecule has 0 bridgehead atoms. The van der Waals surface area contributed by atoms with E-state index in [2.05, 4.69) is 76.1 Å². The van der Waals surface area contributed by atoms with Crippen LogP contribution in [0.2, 0.25) is 0 Å². The Morgan fingerprint density at radius 2 is 2.05 bits per heavy atom. The number of fused-ring (bicyclic) bond motifs is 1. The maximum absolute atomic E-state index is 5.80. The molecule has 0 saturated carbocycles. The van der Waals surface area contributed by atoms with E-state index in [0.717, 1.165) is 10.9 Å². The Hall–Kier alpha value is -1.20. The van der Waals surface area contributed by atoms with Gasteiger partial charge < -0.3 is 0 Å². The van der Waals surface area contributed by atoms with E-state index in [1.54, 1.807) is 11.3 Å². The lowest BCUT2D eigenvalue weighted by molar-refractivity contribution is 0.553. The molecule has 3 rings (SSSR count). The van der Waals surface area contributed by atoms with Gasteiger partial charge in [-0.3, -0.25) is 11.3 Å². The smallest absolute Gasteiger partial charge is 0.0501 e. The summed E-state index contributed by atoms with van der Waals surface area (Å²) < 4.78 is 2.42. The first kappa shape index (κ1) is 14.7. The predicted octanol–water partition coefficient (Wildman–Crippen LogP) is 4.72. The number of rotatable bonds is 4. The molecule has 0 aliphatic carbocycles. The van der Waals surface area contributed by atoms with E-state index in [1.807, 2.05) is 0 Å². The minimum Gasteiger partial charge on any atom is -0.271 e. The summed E-state index contributed by atoms with van der Waals surface area (Å²) in [4.78, 5) is 0. The van der Waals surface area contributed by atoms with Crippen molar-refractivity contribution >= 4 is 37.4 Å². The van der Waals surface area contributed by atoms with Gasteiger partial charge in [0.05, 0.1) is 6.04 Å². The molecule has 0 saturated heterocycles. The van der Waals surface area contributed by atoms with E-state index in [9.17, 15) is 0 Å². The number of hydrogen-bond donors (Lipinski definition) is 2. The van der Waals surface area contributed by atoms with Crippen molar-refractivity contribution in [1.29, 1.82) is 0 Å². The average Bonchev–Trinajstić information content (AvgIpc) is 2.87. The molecule has 0 aliphatic rings. The summed E-state index contributed by atoms with van der Waals surface area (Å²) >= 11 is 5.35. The second-order valence-corrected chi connectivity index (χ2v) is 7.07. The molecular formula is C17H17BrN2S. The monoisotopic (exact) mass is 360 g/mol. The zero-order valence-electron chi connectivity index (χ0n) is 11.8. The second kappa shape index (κ2) is 6.28. The molecular weight excluding hydrogens is 344 g/mol. The molecule has 1 unspecified atom stereocenters. The van der Waals surface area contributed by atoms with Gasteiger partial charge in [0, 0.05) is 9.17 Å². The molecule has 1 aromatic heterocycles. The van der Waals surface area contributed by atoms with Crippen LogP contribution in [0.25, 0.3) is 10.1 Å². The van der Waals surface area contributed by atoms with Gasteiger partial charge in [0.25, 0.3) is 0 Å². The topological polar surface area (TPSA) is 38.0 Å². The largest absolute Gasteiger partial charge is 0.271 e. The molecule has 4 heteroatoms. The number of thiophene rings is 1. The third-order valence-corrected chi connectivity index (χ3v) is 5.12. The Morgan fingerprint density at radius 3 is 2.81 bits per heavy atom. The molecule has 108 valence electrons. The summed E-state index contributed by atoms with van der Waals surface area (Å²) in [6.07, 6.45) is 0.885. The van der Waals surface area contributed by atoms with Crippen LogP contribution in [0.1, 0.15) is 22.7 Å².